The fraction of sp³-hybridized carbons (Fsp3) is 0. The molecule has 94 valence electrons. The molecule has 1 aromatic carbocycles. The highest BCUT2D eigenvalue weighted by Gasteiger charge is 2.05. The average molecular weight is 254 g/mol. The SMILES string of the molecule is O=c1cccc2[nH]c(-c3cccc(O)c3)cc(=O)n12. The number of benzene rings is 1. The maximum absolute atomic E-state index is 12.0. The Balaban J connectivity index is 2.34. The Morgan fingerprint density at radius 3 is 2.53 bits per heavy atom. The minimum absolute atomic E-state index is 0.115. The van der Waals surface area contributed by atoms with Gasteiger partial charge in [-0.05, 0) is 18.2 Å². The zero-order valence-corrected chi connectivity index (χ0v) is 9.83. The first-order chi connectivity index (χ1) is 9.15. The number of aromatic nitrogens is 2. The monoisotopic (exact) mass is 254 g/mol. The third-order valence-corrected chi connectivity index (χ3v) is 2.86. The smallest absolute Gasteiger partial charge is 0.261 e. The lowest BCUT2D eigenvalue weighted by molar-refractivity contribution is 0.475. The van der Waals surface area contributed by atoms with Crippen molar-refractivity contribution in [2.75, 3.05) is 0 Å². The Kier molecular flexibility index (Phi) is 2.45. The molecule has 0 unspecified atom stereocenters. The van der Waals surface area contributed by atoms with E-state index in [-0.39, 0.29) is 11.3 Å². The van der Waals surface area contributed by atoms with E-state index in [9.17, 15) is 14.7 Å². The van der Waals surface area contributed by atoms with E-state index in [1.807, 2.05) is 0 Å². The van der Waals surface area contributed by atoms with E-state index in [4.69, 9.17) is 0 Å². The number of nitrogens with zero attached hydrogens (tertiary/aromatic N) is 1. The Hall–Kier alpha value is -2.82. The van der Waals surface area contributed by atoms with E-state index >= 15 is 0 Å². The second kappa shape index (κ2) is 4.13. The second-order valence-electron chi connectivity index (χ2n) is 4.16. The molecule has 0 atom stereocenters. The molecule has 5 nitrogen and oxygen atoms in total. The van der Waals surface area contributed by atoms with Crippen LogP contribution in [0, 0.1) is 0 Å². The summed E-state index contributed by atoms with van der Waals surface area (Å²) < 4.78 is 1.06. The molecular formula is C14H10N2O3. The quantitative estimate of drug-likeness (QED) is 0.688. The number of hydrogen-bond donors (Lipinski definition) is 2. The molecule has 3 rings (SSSR count). The molecule has 0 aliphatic rings. The van der Waals surface area contributed by atoms with E-state index in [0.29, 0.717) is 16.9 Å². The zero-order chi connectivity index (χ0) is 13.4. The normalized spacial score (nSPS) is 10.7. The molecule has 0 saturated heterocycles. The van der Waals surface area contributed by atoms with Gasteiger partial charge >= 0.3 is 0 Å². The van der Waals surface area contributed by atoms with E-state index < -0.39 is 5.56 Å². The summed E-state index contributed by atoms with van der Waals surface area (Å²) in [6, 6.07) is 12.4. The average Bonchev–Trinajstić information content (AvgIpc) is 2.38. The third-order valence-electron chi connectivity index (χ3n) is 2.86. The summed E-state index contributed by atoms with van der Waals surface area (Å²) in [5.74, 6) is 0.115. The number of H-pyrrole nitrogens is 1. The van der Waals surface area contributed by atoms with Gasteiger partial charge in [0.2, 0.25) is 0 Å². The Bertz CT molecular complexity index is 877. The first kappa shape index (κ1) is 11.3. The van der Waals surface area contributed by atoms with Crippen LogP contribution in [0.25, 0.3) is 16.9 Å². The highest BCUT2D eigenvalue weighted by atomic mass is 16.3. The van der Waals surface area contributed by atoms with E-state index in [0.717, 1.165) is 4.40 Å². The lowest BCUT2D eigenvalue weighted by atomic mass is 10.1. The summed E-state index contributed by atoms with van der Waals surface area (Å²) in [5.41, 5.74) is 0.861. The molecule has 0 aliphatic heterocycles. The molecular weight excluding hydrogens is 244 g/mol. The predicted octanol–water partition coefficient (Wildman–Crippen LogP) is 1.36. The maximum Gasteiger partial charge on any atom is 0.261 e. The van der Waals surface area contributed by atoms with Crippen LogP contribution in [0.1, 0.15) is 0 Å². The number of aromatic hydroxyl groups is 1. The fourth-order valence-electron chi connectivity index (χ4n) is 2.01. The van der Waals surface area contributed by atoms with Crippen LogP contribution < -0.4 is 11.1 Å². The molecule has 0 bridgehead atoms. The molecule has 0 saturated carbocycles. The molecule has 0 fully saturated rings. The van der Waals surface area contributed by atoms with Crippen molar-refractivity contribution in [2.45, 2.75) is 0 Å². The van der Waals surface area contributed by atoms with Gasteiger partial charge in [0, 0.05) is 17.7 Å². The topological polar surface area (TPSA) is 74.6 Å². The van der Waals surface area contributed by atoms with Crippen molar-refractivity contribution in [3.05, 3.63) is 69.2 Å². The van der Waals surface area contributed by atoms with Gasteiger partial charge in [-0.1, -0.05) is 18.2 Å². The van der Waals surface area contributed by atoms with Crippen LogP contribution in [0.3, 0.4) is 0 Å². The molecule has 0 radical (unpaired) electrons. The zero-order valence-electron chi connectivity index (χ0n) is 9.83. The summed E-state index contributed by atoms with van der Waals surface area (Å²) in [6.45, 7) is 0. The second-order valence-corrected chi connectivity index (χ2v) is 4.16. The molecule has 0 aliphatic carbocycles. The van der Waals surface area contributed by atoms with Crippen molar-refractivity contribution in [1.82, 2.24) is 9.38 Å². The van der Waals surface area contributed by atoms with Crippen LogP contribution in [-0.2, 0) is 0 Å². The van der Waals surface area contributed by atoms with Gasteiger partial charge in [0.1, 0.15) is 11.4 Å². The number of hydrogen-bond acceptors (Lipinski definition) is 3. The van der Waals surface area contributed by atoms with Crippen molar-refractivity contribution in [3.8, 4) is 17.0 Å². The third kappa shape index (κ3) is 1.91. The number of fused-ring (bicyclic) bond motifs is 1. The van der Waals surface area contributed by atoms with Crippen molar-refractivity contribution in [3.63, 3.8) is 0 Å². The number of aromatic amines is 1. The van der Waals surface area contributed by atoms with Gasteiger partial charge in [0.25, 0.3) is 11.1 Å². The minimum atomic E-state index is -0.405. The largest absolute Gasteiger partial charge is 0.508 e. The highest BCUT2D eigenvalue weighted by Crippen LogP contribution is 2.20. The van der Waals surface area contributed by atoms with Crippen LogP contribution in [0.4, 0.5) is 0 Å². The van der Waals surface area contributed by atoms with Crippen molar-refractivity contribution in [1.29, 1.82) is 0 Å². The standard InChI is InChI=1S/C14H10N2O3/c17-10-4-1-3-9(7-10)11-8-14(19)16-12(15-11)5-2-6-13(16)18/h1-8,15,17H. The fourth-order valence-corrected chi connectivity index (χ4v) is 2.01. The number of phenolic OH excluding ortho intramolecular Hbond substituents is 1. The molecule has 0 amide bonds. The molecule has 2 N–H and O–H groups in total. The molecule has 3 aromatic rings. The first-order valence-electron chi connectivity index (χ1n) is 5.70. The van der Waals surface area contributed by atoms with Crippen LogP contribution >= 0.6 is 0 Å². The lowest BCUT2D eigenvalue weighted by Crippen LogP contribution is -2.26. The van der Waals surface area contributed by atoms with Gasteiger partial charge in [0.15, 0.2) is 0 Å². The number of rotatable bonds is 1. The molecule has 2 aromatic heterocycles. The van der Waals surface area contributed by atoms with Gasteiger partial charge in [-0.3, -0.25) is 9.59 Å². The minimum Gasteiger partial charge on any atom is -0.508 e. The van der Waals surface area contributed by atoms with Gasteiger partial charge in [-0.2, -0.15) is 0 Å². The predicted molar refractivity (Wildman–Crippen MR) is 71.4 cm³/mol. The Labute approximate surface area is 107 Å². The van der Waals surface area contributed by atoms with Crippen LogP contribution in [-0.4, -0.2) is 14.5 Å². The number of nitrogens with one attached hydrogen (secondary N) is 1. The van der Waals surface area contributed by atoms with Gasteiger partial charge < -0.3 is 10.1 Å². The molecule has 5 heteroatoms. The summed E-state index contributed by atoms with van der Waals surface area (Å²) in [6.07, 6.45) is 0. The summed E-state index contributed by atoms with van der Waals surface area (Å²) >= 11 is 0. The lowest BCUT2D eigenvalue weighted by Gasteiger charge is -2.05. The number of phenols is 1. The van der Waals surface area contributed by atoms with E-state index in [1.165, 1.54) is 12.1 Å². The maximum atomic E-state index is 12.0. The first-order valence-corrected chi connectivity index (χ1v) is 5.70. The van der Waals surface area contributed by atoms with E-state index in [1.54, 1.807) is 36.4 Å². The van der Waals surface area contributed by atoms with E-state index in [2.05, 4.69) is 4.98 Å². The van der Waals surface area contributed by atoms with Gasteiger partial charge in [-0.15, -0.1) is 0 Å². The summed E-state index contributed by atoms with van der Waals surface area (Å²) in [5, 5.41) is 9.45. The number of pyridine rings is 1. The molecule has 0 spiro atoms. The van der Waals surface area contributed by atoms with Gasteiger partial charge in [0.05, 0.1) is 5.69 Å². The summed E-state index contributed by atoms with van der Waals surface area (Å²) in [4.78, 5) is 26.6. The Morgan fingerprint density at radius 2 is 1.74 bits per heavy atom. The van der Waals surface area contributed by atoms with Crippen molar-refractivity contribution >= 4 is 5.65 Å². The van der Waals surface area contributed by atoms with Crippen LogP contribution in [0.2, 0.25) is 0 Å². The van der Waals surface area contributed by atoms with Crippen LogP contribution in [0.5, 0.6) is 5.75 Å². The highest BCUT2D eigenvalue weighted by molar-refractivity contribution is 5.62. The van der Waals surface area contributed by atoms with Crippen molar-refractivity contribution < 1.29 is 5.11 Å². The Morgan fingerprint density at radius 1 is 0.947 bits per heavy atom. The van der Waals surface area contributed by atoms with Crippen molar-refractivity contribution in [2.24, 2.45) is 0 Å². The van der Waals surface area contributed by atoms with Gasteiger partial charge in [-0.25, -0.2) is 4.40 Å². The summed E-state index contributed by atoms with van der Waals surface area (Å²) in [7, 11) is 0. The molecule has 19 heavy (non-hydrogen) atoms. The van der Waals surface area contributed by atoms with Crippen LogP contribution in [0.15, 0.2) is 58.1 Å². The molecule has 2 heterocycles.